The molecule has 1 aliphatic carbocycles. The number of imidazole rings is 1. The highest BCUT2D eigenvalue weighted by molar-refractivity contribution is 7.89. The van der Waals surface area contributed by atoms with E-state index in [0.717, 1.165) is 38.4 Å². The van der Waals surface area contributed by atoms with Gasteiger partial charge in [0.25, 0.3) is 0 Å². The lowest BCUT2D eigenvalue weighted by atomic mass is 9.99. The van der Waals surface area contributed by atoms with Crippen LogP contribution in [0.15, 0.2) is 12.4 Å². The predicted octanol–water partition coefficient (Wildman–Crippen LogP) is 2.29. The Morgan fingerprint density at radius 1 is 1.24 bits per heavy atom. The van der Waals surface area contributed by atoms with Crippen molar-refractivity contribution in [2.24, 2.45) is 11.8 Å². The molecule has 0 spiro atoms. The van der Waals surface area contributed by atoms with Crippen molar-refractivity contribution in [2.75, 3.05) is 18.8 Å². The van der Waals surface area contributed by atoms with E-state index in [9.17, 15) is 8.42 Å². The highest BCUT2D eigenvalue weighted by Crippen LogP contribution is 2.41. The zero-order chi connectivity index (χ0) is 16.4. The number of aryl methyl sites for hydroxylation is 1. The fourth-order valence-corrected chi connectivity index (χ4v) is 4.50. The number of likely N-dealkylation sites (tertiary alicyclic amines) is 1. The zero-order valence-electron chi connectivity index (χ0n) is 14.9. The number of hydrogen-bond acceptors (Lipinski definition) is 4. The van der Waals surface area contributed by atoms with Crippen LogP contribution in [0.3, 0.4) is 0 Å². The van der Waals surface area contributed by atoms with Crippen LogP contribution in [0.1, 0.15) is 38.9 Å². The SMILES string of the molecule is CCCn1ccnc1CN1C[C@H](NS(=O)(=O)CC)[C@@H](C2CC2)C1.Cl.Cl. The minimum atomic E-state index is -3.14. The molecule has 0 bridgehead atoms. The number of rotatable bonds is 8. The third kappa shape index (κ3) is 5.82. The molecule has 1 saturated heterocycles. The molecule has 2 aliphatic rings. The summed E-state index contributed by atoms with van der Waals surface area (Å²) in [4.78, 5) is 6.84. The molecule has 1 N–H and O–H groups in total. The van der Waals surface area contributed by atoms with Gasteiger partial charge in [0.1, 0.15) is 5.82 Å². The van der Waals surface area contributed by atoms with Crippen molar-refractivity contribution in [3.05, 3.63) is 18.2 Å². The summed E-state index contributed by atoms with van der Waals surface area (Å²) in [7, 11) is -3.14. The Balaban J connectivity index is 0.00000156. The summed E-state index contributed by atoms with van der Waals surface area (Å²) in [5, 5.41) is 0. The van der Waals surface area contributed by atoms with Crippen molar-refractivity contribution < 1.29 is 8.42 Å². The maximum absolute atomic E-state index is 12.0. The summed E-state index contributed by atoms with van der Waals surface area (Å²) in [6, 6.07) is 0.0574. The van der Waals surface area contributed by atoms with Crippen LogP contribution in [0.4, 0.5) is 0 Å². The molecular weight excluding hydrogens is 383 g/mol. The first kappa shape index (κ1) is 22.7. The number of halogens is 2. The third-order valence-corrected chi connectivity index (χ3v) is 6.43. The topological polar surface area (TPSA) is 67.2 Å². The summed E-state index contributed by atoms with van der Waals surface area (Å²) in [6.07, 6.45) is 7.47. The van der Waals surface area contributed by atoms with Gasteiger partial charge in [-0.15, -0.1) is 24.8 Å². The van der Waals surface area contributed by atoms with Crippen LogP contribution >= 0.6 is 24.8 Å². The van der Waals surface area contributed by atoms with Gasteiger partial charge < -0.3 is 4.57 Å². The van der Waals surface area contributed by atoms with Crippen molar-refractivity contribution in [1.29, 1.82) is 0 Å². The molecule has 2 atom stereocenters. The molecule has 2 heterocycles. The van der Waals surface area contributed by atoms with E-state index in [4.69, 9.17) is 0 Å². The summed E-state index contributed by atoms with van der Waals surface area (Å²) in [6.45, 7) is 7.42. The summed E-state index contributed by atoms with van der Waals surface area (Å²) >= 11 is 0. The lowest BCUT2D eigenvalue weighted by Gasteiger charge is -2.18. The number of sulfonamides is 1. The van der Waals surface area contributed by atoms with Crippen LogP contribution in [0.25, 0.3) is 0 Å². The van der Waals surface area contributed by atoms with Gasteiger partial charge in [-0.05, 0) is 38.0 Å². The van der Waals surface area contributed by atoms with E-state index in [2.05, 4.69) is 26.1 Å². The first-order chi connectivity index (χ1) is 11.0. The summed E-state index contributed by atoms with van der Waals surface area (Å²) in [5.74, 6) is 2.38. The molecule has 1 aromatic rings. The molecule has 6 nitrogen and oxygen atoms in total. The largest absolute Gasteiger partial charge is 0.334 e. The molecule has 1 aromatic heterocycles. The molecule has 0 amide bonds. The Hall–Kier alpha value is -0.340. The van der Waals surface area contributed by atoms with Crippen LogP contribution in [0.5, 0.6) is 0 Å². The first-order valence-corrected chi connectivity index (χ1v) is 10.4. The van der Waals surface area contributed by atoms with Gasteiger partial charge in [0, 0.05) is 38.1 Å². The smallest absolute Gasteiger partial charge is 0.211 e. The Bertz CT molecular complexity index is 634. The average Bonchev–Trinajstić information content (AvgIpc) is 3.16. The molecular formula is C16H30Cl2N4O2S. The van der Waals surface area contributed by atoms with Crippen molar-refractivity contribution >= 4 is 34.8 Å². The van der Waals surface area contributed by atoms with E-state index in [1.807, 2.05) is 12.4 Å². The third-order valence-electron chi connectivity index (χ3n) is 5.01. The molecule has 0 aromatic carbocycles. The van der Waals surface area contributed by atoms with Crippen molar-refractivity contribution in [2.45, 2.75) is 52.2 Å². The minimum Gasteiger partial charge on any atom is -0.334 e. The zero-order valence-corrected chi connectivity index (χ0v) is 17.4. The highest BCUT2D eigenvalue weighted by atomic mass is 35.5. The lowest BCUT2D eigenvalue weighted by molar-refractivity contribution is 0.296. The maximum Gasteiger partial charge on any atom is 0.211 e. The van der Waals surface area contributed by atoms with Gasteiger partial charge in [-0.25, -0.2) is 18.1 Å². The highest BCUT2D eigenvalue weighted by Gasteiger charge is 2.43. The van der Waals surface area contributed by atoms with Crippen molar-refractivity contribution in [1.82, 2.24) is 19.2 Å². The Labute approximate surface area is 163 Å². The van der Waals surface area contributed by atoms with Crippen LogP contribution in [-0.2, 0) is 23.1 Å². The van der Waals surface area contributed by atoms with Crippen LogP contribution in [0.2, 0.25) is 0 Å². The summed E-state index contributed by atoms with van der Waals surface area (Å²) < 4.78 is 29.1. The van der Waals surface area contributed by atoms with Gasteiger partial charge in [0.15, 0.2) is 0 Å². The lowest BCUT2D eigenvalue weighted by Crippen LogP contribution is -2.41. The second-order valence-corrected chi connectivity index (χ2v) is 8.90. The maximum atomic E-state index is 12.0. The molecule has 1 aliphatic heterocycles. The van der Waals surface area contributed by atoms with Gasteiger partial charge in [-0.1, -0.05) is 6.92 Å². The van der Waals surface area contributed by atoms with E-state index in [-0.39, 0.29) is 36.6 Å². The molecule has 0 radical (unpaired) electrons. The van der Waals surface area contributed by atoms with Crippen molar-refractivity contribution in [3.8, 4) is 0 Å². The minimum absolute atomic E-state index is 0. The van der Waals surface area contributed by atoms with Crippen molar-refractivity contribution in [3.63, 3.8) is 0 Å². The summed E-state index contributed by atoms with van der Waals surface area (Å²) in [5.41, 5.74) is 0. The van der Waals surface area contributed by atoms with E-state index < -0.39 is 10.0 Å². The second kappa shape index (κ2) is 9.55. The van der Waals surface area contributed by atoms with Crippen LogP contribution < -0.4 is 4.72 Å². The van der Waals surface area contributed by atoms with E-state index >= 15 is 0 Å². The van der Waals surface area contributed by atoms with Gasteiger partial charge in [0.05, 0.1) is 12.3 Å². The fraction of sp³-hybridized carbons (Fsp3) is 0.812. The normalized spacial score (nSPS) is 23.9. The Morgan fingerprint density at radius 2 is 1.96 bits per heavy atom. The molecule has 2 fully saturated rings. The van der Waals surface area contributed by atoms with E-state index in [1.165, 1.54) is 12.8 Å². The predicted molar refractivity (Wildman–Crippen MR) is 105 cm³/mol. The van der Waals surface area contributed by atoms with Gasteiger partial charge in [-0.2, -0.15) is 0 Å². The Kier molecular flexibility index (Phi) is 8.67. The van der Waals surface area contributed by atoms with Gasteiger partial charge in [0.2, 0.25) is 10.0 Å². The number of nitrogens with zero attached hydrogens (tertiary/aromatic N) is 3. The van der Waals surface area contributed by atoms with E-state index in [1.54, 1.807) is 6.92 Å². The molecule has 1 saturated carbocycles. The average molecular weight is 413 g/mol. The molecule has 3 rings (SSSR count). The molecule has 9 heteroatoms. The van der Waals surface area contributed by atoms with Gasteiger partial charge >= 0.3 is 0 Å². The van der Waals surface area contributed by atoms with Gasteiger partial charge in [-0.3, -0.25) is 4.90 Å². The number of aromatic nitrogens is 2. The first-order valence-electron chi connectivity index (χ1n) is 8.74. The van der Waals surface area contributed by atoms with Crippen LogP contribution in [-0.4, -0.2) is 47.8 Å². The molecule has 146 valence electrons. The molecule has 0 unspecified atom stereocenters. The monoisotopic (exact) mass is 412 g/mol. The fourth-order valence-electron chi connectivity index (χ4n) is 3.62. The van der Waals surface area contributed by atoms with Crippen LogP contribution in [0, 0.1) is 11.8 Å². The number of hydrogen-bond donors (Lipinski definition) is 1. The quantitative estimate of drug-likeness (QED) is 0.710. The van der Waals surface area contributed by atoms with E-state index in [0.29, 0.717) is 11.8 Å². The molecule has 25 heavy (non-hydrogen) atoms. The Morgan fingerprint density at radius 3 is 2.56 bits per heavy atom. The standard InChI is InChI=1S/C16H28N4O2S.2ClH/c1-3-8-20-9-7-17-16(20)12-19-10-14(13-5-6-13)15(11-19)18-23(21,22)4-2;;/h7,9,13-15,18H,3-6,8,10-12H2,1-2H3;2*1H/t14-,15+;;/m1../s1. The second-order valence-electron chi connectivity index (χ2n) is 6.86. The number of nitrogens with one attached hydrogen (secondary N) is 1.